The lowest BCUT2D eigenvalue weighted by Gasteiger charge is -2.07. The van der Waals surface area contributed by atoms with E-state index in [1.54, 1.807) is 0 Å². The maximum Gasteiger partial charge on any atom is 0.329 e. The molecule has 0 fully saturated rings. The normalized spacial score (nSPS) is 9.95. The summed E-state index contributed by atoms with van der Waals surface area (Å²) in [5.74, 6) is -1.99. The summed E-state index contributed by atoms with van der Waals surface area (Å²) in [5.41, 5.74) is -0.569. The molecular formula is C11H12FN3O6. The van der Waals surface area contributed by atoms with Crippen LogP contribution in [0.3, 0.4) is 0 Å². The third kappa shape index (κ3) is 6.29. The fourth-order valence-electron chi connectivity index (χ4n) is 1.32. The summed E-state index contributed by atoms with van der Waals surface area (Å²) in [6.45, 7) is -0.487. The van der Waals surface area contributed by atoms with Crippen LogP contribution in [0, 0.1) is 15.9 Å². The van der Waals surface area contributed by atoms with Crippen LogP contribution in [-0.2, 0) is 9.53 Å². The maximum atomic E-state index is 13.1. The van der Waals surface area contributed by atoms with E-state index in [9.17, 15) is 24.1 Å². The number of carboxylic acids is 1. The van der Waals surface area contributed by atoms with Gasteiger partial charge in [-0.15, -0.1) is 0 Å². The number of aliphatic carboxylic acids is 1. The summed E-state index contributed by atoms with van der Waals surface area (Å²) >= 11 is 0. The van der Waals surface area contributed by atoms with Gasteiger partial charge in [-0.2, -0.15) is 0 Å². The molecule has 0 bridgehead atoms. The molecule has 0 aliphatic rings. The van der Waals surface area contributed by atoms with Gasteiger partial charge in [-0.1, -0.05) is 0 Å². The summed E-state index contributed by atoms with van der Waals surface area (Å²) in [6, 6.07) is 1.92. The monoisotopic (exact) mass is 301 g/mol. The van der Waals surface area contributed by atoms with Crippen LogP contribution in [0.5, 0.6) is 0 Å². The van der Waals surface area contributed by atoms with Crippen molar-refractivity contribution in [2.24, 2.45) is 0 Å². The van der Waals surface area contributed by atoms with E-state index in [1.165, 1.54) is 0 Å². The molecule has 0 radical (unpaired) electrons. The second kappa shape index (κ2) is 7.75. The first-order chi connectivity index (χ1) is 9.88. The number of ether oxygens (including phenoxy) is 1. The van der Waals surface area contributed by atoms with E-state index in [1.807, 2.05) is 0 Å². The van der Waals surface area contributed by atoms with E-state index in [2.05, 4.69) is 15.4 Å². The van der Waals surface area contributed by atoms with Gasteiger partial charge in [0.15, 0.2) is 0 Å². The number of hydrogen-bond acceptors (Lipinski definition) is 5. The van der Waals surface area contributed by atoms with E-state index in [0.29, 0.717) is 0 Å². The van der Waals surface area contributed by atoms with Crippen molar-refractivity contribution in [3.63, 3.8) is 0 Å². The Morgan fingerprint density at radius 3 is 2.71 bits per heavy atom. The number of nitrogens with one attached hydrogen (secondary N) is 2. The van der Waals surface area contributed by atoms with Crippen LogP contribution in [0.25, 0.3) is 0 Å². The Morgan fingerprint density at radius 2 is 2.10 bits per heavy atom. The van der Waals surface area contributed by atoms with E-state index in [-0.39, 0.29) is 18.8 Å². The molecule has 1 aromatic rings. The second-order valence-electron chi connectivity index (χ2n) is 3.78. The molecular weight excluding hydrogens is 289 g/mol. The molecule has 3 N–H and O–H groups in total. The van der Waals surface area contributed by atoms with Crippen molar-refractivity contribution in [3.8, 4) is 0 Å². The lowest BCUT2D eigenvalue weighted by Crippen LogP contribution is -2.32. The molecule has 0 spiro atoms. The van der Waals surface area contributed by atoms with Crippen LogP contribution >= 0.6 is 0 Å². The molecule has 0 heterocycles. The summed E-state index contributed by atoms with van der Waals surface area (Å²) < 4.78 is 17.8. The van der Waals surface area contributed by atoms with Crippen LogP contribution in [0.15, 0.2) is 18.2 Å². The third-order valence-corrected chi connectivity index (χ3v) is 2.11. The number of urea groups is 1. The van der Waals surface area contributed by atoms with Crippen molar-refractivity contribution >= 4 is 23.4 Å². The van der Waals surface area contributed by atoms with Crippen molar-refractivity contribution in [2.45, 2.75) is 0 Å². The molecule has 0 unspecified atom stereocenters. The highest BCUT2D eigenvalue weighted by Gasteiger charge is 2.11. The molecule has 10 heteroatoms. The number of carbonyl (C=O) groups is 2. The summed E-state index contributed by atoms with van der Waals surface area (Å²) in [7, 11) is 0. The highest BCUT2D eigenvalue weighted by molar-refractivity contribution is 5.89. The number of benzene rings is 1. The van der Waals surface area contributed by atoms with Gasteiger partial charge in [-0.3, -0.25) is 10.1 Å². The number of nitro benzene ring substituents is 1. The van der Waals surface area contributed by atoms with Crippen molar-refractivity contribution in [2.75, 3.05) is 25.1 Å². The first-order valence-corrected chi connectivity index (χ1v) is 5.68. The Labute approximate surface area is 117 Å². The molecule has 1 aromatic carbocycles. The van der Waals surface area contributed by atoms with Gasteiger partial charge >= 0.3 is 12.0 Å². The average Bonchev–Trinajstić information content (AvgIpc) is 2.37. The van der Waals surface area contributed by atoms with Crippen LogP contribution in [-0.4, -0.2) is 41.8 Å². The Bertz CT molecular complexity index is 551. The van der Waals surface area contributed by atoms with Crippen molar-refractivity contribution in [1.82, 2.24) is 5.32 Å². The van der Waals surface area contributed by atoms with Gasteiger partial charge in [0.25, 0.3) is 5.69 Å². The van der Waals surface area contributed by atoms with Gasteiger partial charge in [0.1, 0.15) is 12.4 Å². The number of nitrogens with zero attached hydrogens (tertiary/aromatic N) is 1. The third-order valence-electron chi connectivity index (χ3n) is 2.11. The number of non-ortho nitro benzene ring substituents is 1. The smallest absolute Gasteiger partial charge is 0.329 e. The van der Waals surface area contributed by atoms with Crippen LogP contribution in [0.1, 0.15) is 0 Å². The summed E-state index contributed by atoms with van der Waals surface area (Å²) in [6.07, 6.45) is 0. The number of halogens is 1. The first kappa shape index (κ1) is 16.3. The number of carbonyl (C=O) groups excluding carboxylic acids is 1. The van der Waals surface area contributed by atoms with Crippen molar-refractivity contribution in [3.05, 3.63) is 34.1 Å². The number of rotatable bonds is 7. The van der Waals surface area contributed by atoms with E-state index in [4.69, 9.17) is 5.11 Å². The molecule has 21 heavy (non-hydrogen) atoms. The van der Waals surface area contributed by atoms with E-state index >= 15 is 0 Å². The van der Waals surface area contributed by atoms with Gasteiger partial charge in [0.05, 0.1) is 23.3 Å². The van der Waals surface area contributed by atoms with Crippen molar-refractivity contribution < 1.29 is 28.7 Å². The number of anilines is 1. The topological polar surface area (TPSA) is 131 Å². The number of nitro groups is 1. The highest BCUT2D eigenvalue weighted by Crippen LogP contribution is 2.19. The Hall–Kier alpha value is -2.75. The first-order valence-electron chi connectivity index (χ1n) is 5.68. The van der Waals surface area contributed by atoms with Gasteiger partial charge in [-0.25, -0.2) is 14.0 Å². The fourth-order valence-corrected chi connectivity index (χ4v) is 1.32. The SMILES string of the molecule is O=C(O)COCCNC(=O)Nc1cc(F)cc([N+](=O)[O-])c1. The van der Waals surface area contributed by atoms with Crippen LogP contribution in [0.2, 0.25) is 0 Å². The molecule has 9 nitrogen and oxygen atoms in total. The molecule has 0 aliphatic carbocycles. The highest BCUT2D eigenvalue weighted by atomic mass is 19.1. The standard InChI is InChI=1S/C11H12FN3O6/c12-7-3-8(5-9(4-7)15(19)20)14-11(18)13-1-2-21-6-10(16)17/h3-5H,1-2,6H2,(H,16,17)(H2,13,14,18). The zero-order valence-electron chi connectivity index (χ0n) is 10.7. The quantitative estimate of drug-likeness (QED) is 0.390. The molecule has 1 rings (SSSR count). The predicted molar refractivity (Wildman–Crippen MR) is 68.5 cm³/mol. The van der Waals surface area contributed by atoms with Gasteiger partial charge in [-0.05, 0) is 6.07 Å². The zero-order chi connectivity index (χ0) is 15.8. The molecule has 0 aliphatic heterocycles. The lowest BCUT2D eigenvalue weighted by molar-refractivity contribution is -0.385. The van der Waals surface area contributed by atoms with Crippen LogP contribution < -0.4 is 10.6 Å². The predicted octanol–water partition coefficient (Wildman–Crippen LogP) is 0.957. The minimum absolute atomic E-state index is 0.0243. The number of carboxylic acid groups (broad SMARTS) is 1. The Kier molecular flexibility index (Phi) is 6.01. The maximum absolute atomic E-state index is 13.1. The molecule has 0 atom stereocenters. The largest absolute Gasteiger partial charge is 0.480 e. The molecule has 114 valence electrons. The van der Waals surface area contributed by atoms with Gasteiger partial charge < -0.3 is 20.5 Å². The van der Waals surface area contributed by atoms with Crippen molar-refractivity contribution in [1.29, 1.82) is 0 Å². The Morgan fingerprint density at radius 1 is 1.38 bits per heavy atom. The average molecular weight is 301 g/mol. The van der Waals surface area contributed by atoms with E-state index < -0.39 is 35.0 Å². The fraction of sp³-hybridized carbons (Fsp3) is 0.273. The molecule has 0 saturated carbocycles. The van der Waals surface area contributed by atoms with Crippen LogP contribution in [0.4, 0.5) is 20.6 Å². The second-order valence-corrected chi connectivity index (χ2v) is 3.78. The number of amides is 2. The minimum atomic E-state index is -1.13. The Balaban J connectivity index is 2.44. The number of hydrogen-bond donors (Lipinski definition) is 3. The lowest BCUT2D eigenvalue weighted by atomic mass is 10.2. The molecule has 2 amide bonds. The van der Waals surface area contributed by atoms with Gasteiger partial charge in [0, 0.05) is 12.6 Å². The molecule has 0 aromatic heterocycles. The summed E-state index contributed by atoms with van der Waals surface area (Å²) in [4.78, 5) is 31.3. The molecule has 0 saturated heterocycles. The summed E-state index contributed by atoms with van der Waals surface area (Å²) in [5, 5.41) is 23.4. The minimum Gasteiger partial charge on any atom is -0.480 e. The van der Waals surface area contributed by atoms with E-state index in [0.717, 1.165) is 18.2 Å². The van der Waals surface area contributed by atoms with Gasteiger partial charge in [0.2, 0.25) is 0 Å². The zero-order valence-corrected chi connectivity index (χ0v) is 10.7.